The Labute approximate surface area is 198 Å². The van der Waals surface area contributed by atoms with E-state index in [1.807, 2.05) is 0 Å². The van der Waals surface area contributed by atoms with Gasteiger partial charge in [0.2, 0.25) is 21.9 Å². The van der Waals surface area contributed by atoms with Crippen LogP contribution in [0, 0.1) is 5.82 Å². The van der Waals surface area contributed by atoms with Gasteiger partial charge in [0, 0.05) is 30.2 Å². The van der Waals surface area contributed by atoms with Crippen molar-refractivity contribution in [2.75, 3.05) is 33.1 Å². The van der Waals surface area contributed by atoms with Gasteiger partial charge in [-0.3, -0.25) is 19.0 Å². The number of alkyl halides is 2. The number of halogens is 3. The fraction of sp³-hybridized carbons (Fsp3) is 0.238. The van der Waals surface area contributed by atoms with Crippen LogP contribution in [0.15, 0.2) is 42.7 Å². The molecule has 0 spiro atoms. The van der Waals surface area contributed by atoms with Crippen molar-refractivity contribution in [3.05, 3.63) is 59.8 Å². The topological polar surface area (TPSA) is 120 Å². The number of nitrogens with one attached hydrogen (secondary N) is 2. The highest BCUT2D eigenvalue weighted by Gasteiger charge is 2.27. The minimum atomic E-state index is -3.71. The van der Waals surface area contributed by atoms with Crippen molar-refractivity contribution in [2.24, 2.45) is 0 Å². The average Bonchev–Trinajstić information content (AvgIpc) is 3.19. The summed E-state index contributed by atoms with van der Waals surface area (Å²) >= 11 is 0. The van der Waals surface area contributed by atoms with E-state index in [0.29, 0.717) is 21.8 Å². The zero-order chi connectivity index (χ0) is 25.3. The summed E-state index contributed by atoms with van der Waals surface area (Å²) in [5.74, 6) is -2.20. The first-order valence-corrected chi connectivity index (χ1v) is 12.0. The third kappa shape index (κ3) is 5.11. The number of hydrogen-bond donors (Lipinski definition) is 2. The van der Waals surface area contributed by atoms with Crippen LogP contribution in [0.4, 0.5) is 42.0 Å². The van der Waals surface area contributed by atoms with Crippen LogP contribution in [0.3, 0.4) is 0 Å². The lowest BCUT2D eigenvalue weighted by Crippen LogP contribution is -2.33. The largest absolute Gasteiger partial charge is 0.325 e. The van der Waals surface area contributed by atoms with E-state index in [1.54, 1.807) is 18.2 Å². The van der Waals surface area contributed by atoms with Gasteiger partial charge >= 0.3 is 6.55 Å². The van der Waals surface area contributed by atoms with Crippen LogP contribution < -0.4 is 19.8 Å². The number of rotatable bonds is 8. The molecule has 1 aromatic carbocycles. The zero-order valence-corrected chi connectivity index (χ0v) is 19.4. The summed E-state index contributed by atoms with van der Waals surface area (Å²) in [5, 5.41) is 5.53. The predicted molar refractivity (Wildman–Crippen MR) is 124 cm³/mol. The number of amides is 1. The number of carbonyl (C=O) groups excluding carboxylic acids is 1. The minimum absolute atomic E-state index is 0.0290. The Morgan fingerprint density at radius 3 is 2.69 bits per heavy atom. The lowest BCUT2D eigenvalue weighted by molar-refractivity contribution is -0.115. The summed E-state index contributed by atoms with van der Waals surface area (Å²) in [6, 6.07) is 7.89. The molecule has 0 atom stereocenters. The second-order valence-corrected chi connectivity index (χ2v) is 9.67. The van der Waals surface area contributed by atoms with E-state index in [0.717, 1.165) is 16.8 Å². The molecule has 1 aliphatic rings. The van der Waals surface area contributed by atoms with Crippen molar-refractivity contribution in [3.8, 4) is 0 Å². The molecule has 0 unspecified atom stereocenters. The molecule has 0 aliphatic carbocycles. The van der Waals surface area contributed by atoms with Gasteiger partial charge in [0.25, 0.3) is 0 Å². The Kier molecular flexibility index (Phi) is 6.47. The molecule has 184 valence electrons. The molecule has 0 fully saturated rings. The molecule has 0 bridgehead atoms. The second kappa shape index (κ2) is 9.37. The van der Waals surface area contributed by atoms with Crippen LogP contribution in [-0.4, -0.2) is 49.1 Å². The molecule has 35 heavy (non-hydrogen) atoms. The van der Waals surface area contributed by atoms with Crippen LogP contribution in [-0.2, 0) is 27.8 Å². The first-order valence-electron chi connectivity index (χ1n) is 10.2. The summed E-state index contributed by atoms with van der Waals surface area (Å²) in [5.41, 5.74) is 1.72. The smallest absolute Gasteiger partial charge is 0.316 e. The van der Waals surface area contributed by atoms with Crippen LogP contribution in [0.5, 0.6) is 0 Å². The van der Waals surface area contributed by atoms with Crippen molar-refractivity contribution in [2.45, 2.75) is 19.5 Å². The molecule has 1 amide bonds. The first kappa shape index (κ1) is 24.2. The molecule has 3 aromatic rings. The Morgan fingerprint density at radius 2 is 1.97 bits per heavy atom. The van der Waals surface area contributed by atoms with Crippen LogP contribution in [0.1, 0.15) is 11.3 Å². The minimum Gasteiger partial charge on any atom is -0.325 e. The highest BCUT2D eigenvalue weighted by Crippen LogP contribution is 2.32. The third-order valence-corrected chi connectivity index (χ3v) is 6.48. The fourth-order valence-electron chi connectivity index (χ4n) is 3.52. The number of fused-ring (bicyclic) bond motifs is 1. The first-order chi connectivity index (χ1) is 16.5. The van der Waals surface area contributed by atoms with E-state index in [4.69, 9.17) is 0 Å². The van der Waals surface area contributed by atoms with Gasteiger partial charge in [0.05, 0.1) is 36.8 Å². The summed E-state index contributed by atoms with van der Waals surface area (Å²) in [4.78, 5) is 23.9. The van der Waals surface area contributed by atoms with E-state index in [1.165, 1.54) is 25.4 Å². The van der Waals surface area contributed by atoms with Crippen molar-refractivity contribution in [3.63, 3.8) is 0 Å². The van der Waals surface area contributed by atoms with Gasteiger partial charge in [-0.2, -0.15) is 13.8 Å². The number of hydrogen-bond acceptors (Lipinski definition) is 8. The number of benzene rings is 1. The molecule has 0 saturated heterocycles. The molecular formula is C21H20F3N7O3S. The van der Waals surface area contributed by atoms with Crippen molar-refractivity contribution < 1.29 is 26.4 Å². The number of nitrogens with zero attached hydrogens (tertiary/aromatic N) is 5. The predicted octanol–water partition coefficient (Wildman–Crippen LogP) is 2.87. The SMILES string of the molecule is CN(c1cccnc1CN(c1nc(Nc2cccc3c2CC(=O)N3)ncc1F)C(F)F)S(C)(=O)=O. The summed E-state index contributed by atoms with van der Waals surface area (Å²) in [7, 11) is -2.45. The molecule has 14 heteroatoms. The number of pyridine rings is 1. The molecule has 2 N–H and O–H groups in total. The second-order valence-electron chi connectivity index (χ2n) is 7.65. The van der Waals surface area contributed by atoms with E-state index in [2.05, 4.69) is 25.6 Å². The summed E-state index contributed by atoms with van der Waals surface area (Å²) in [6.45, 7) is -3.84. The quantitative estimate of drug-likeness (QED) is 0.447. The van der Waals surface area contributed by atoms with Gasteiger partial charge in [-0.25, -0.2) is 17.8 Å². The summed E-state index contributed by atoms with van der Waals surface area (Å²) < 4.78 is 67.6. The Bertz CT molecular complexity index is 1390. The van der Waals surface area contributed by atoms with Crippen LogP contribution in [0.25, 0.3) is 0 Å². The molecule has 0 radical (unpaired) electrons. The maximum Gasteiger partial charge on any atom is 0.316 e. The number of sulfonamides is 1. The monoisotopic (exact) mass is 507 g/mol. The van der Waals surface area contributed by atoms with Crippen LogP contribution in [0.2, 0.25) is 0 Å². The van der Waals surface area contributed by atoms with E-state index < -0.39 is 34.8 Å². The zero-order valence-electron chi connectivity index (χ0n) is 18.5. The molecule has 10 nitrogen and oxygen atoms in total. The van der Waals surface area contributed by atoms with Crippen LogP contribution >= 0.6 is 0 Å². The Morgan fingerprint density at radius 1 is 1.20 bits per heavy atom. The molecule has 3 heterocycles. The average molecular weight is 507 g/mol. The van der Waals surface area contributed by atoms with Gasteiger partial charge in [-0.1, -0.05) is 6.07 Å². The van der Waals surface area contributed by atoms with E-state index in [-0.39, 0.29) is 29.7 Å². The fourth-order valence-corrected chi connectivity index (χ4v) is 4.04. The van der Waals surface area contributed by atoms with E-state index in [9.17, 15) is 26.4 Å². The van der Waals surface area contributed by atoms with Crippen molar-refractivity contribution in [1.82, 2.24) is 15.0 Å². The highest BCUT2D eigenvalue weighted by molar-refractivity contribution is 7.92. The Balaban J connectivity index is 1.67. The van der Waals surface area contributed by atoms with Crippen molar-refractivity contribution in [1.29, 1.82) is 0 Å². The number of anilines is 5. The van der Waals surface area contributed by atoms with Gasteiger partial charge in [-0.15, -0.1) is 0 Å². The van der Waals surface area contributed by atoms with Gasteiger partial charge in [-0.05, 0) is 24.3 Å². The summed E-state index contributed by atoms with van der Waals surface area (Å²) in [6.07, 6.45) is 3.12. The standard InChI is InChI=1S/C21H20F3N7O3S/c1-30(35(2,33)34)17-7-4-8-25-16(17)11-31(20(23)24)19-13(22)10-26-21(29-19)28-15-6-3-5-14-12(15)9-18(32)27-14/h3-8,10,20H,9,11H2,1-2H3,(H,27,32)(H,26,28,29). The maximum absolute atomic E-state index is 14.6. The molecular weight excluding hydrogens is 487 g/mol. The molecule has 2 aromatic heterocycles. The Hall–Kier alpha value is -3.94. The number of carbonyl (C=O) groups is 1. The highest BCUT2D eigenvalue weighted by atomic mass is 32.2. The number of aromatic nitrogens is 3. The van der Waals surface area contributed by atoms with Crippen molar-refractivity contribution >= 4 is 44.8 Å². The van der Waals surface area contributed by atoms with E-state index >= 15 is 0 Å². The third-order valence-electron chi connectivity index (χ3n) is 5.29. The molecule has 1 aliphatic heterocycles. The van der Waals surface area contributed by atoms with Gasteiger partial charge < -0.3 is 10.6 Å². The lowest BCUT2D eigenvalue weighted by atomic mass is 10.1. The lowest BCUT2D eigenvalue weighted by Gasteiger charge is -2.26. The molecule has 0 saturated carbocycles. The normalized spacial score (nSPS) is 12.9. The van der Waals surface area contributed by atoms with Gasteiger partial charge in [0.1, 0.15) is 0 Å². The van der Waals surface area contributed by atoms with Gasteiger partial charge in [0.15, 0.2) is 11.6 Å². The maximum atomic E-state index is 14.6. The molecule has 4 rings (SSSR count).